The van der Waals surface area contributed by atoms with E-state index in [2.05, 4.69) is 10.3 Å². The number of aromatic nitrogens is 2. The number of nitrogens with one attached hydrogen (secondary N) is 1. The Balaban J connectivity index is 2.32. The highest BCUT2D eigenvalue weighted by Gasteiger charge is 2.15. The van der Waals surface area contributed by atoms with Crippen molar-refractivity contribution in [3.05, 3.63) is 18.2 Å². The van der Waals surface area contributed by atoms with Gasteiger partial charge in [0.25, 0.3) is 0 Å². The molecule has 1 heterocycles. The number of halogens is 2. The third-order valence-corrected chi connectivity index (χ3v) is 2.66. The molecule has 1 aromatic heterocycles. The van der Waals surface area contributed by atoms with Crippen LogP contribution in [0.5, 0.6) is 0 Å². The lowest BCUT2D eigenvalue weighted by molar-refractivity contribution is 0.0650. The third kappa shape index (κ3) is 6.07. The van der Waals surface area contributed by atoms with E-state index in [0.717, 1.165) is 4.57 Å². The molecule has 0 spiro atoms. The molecule has 1 rings (SSSR count). The Bertz CT molecular complexity index is 438. The molecule has 0 atom stereocenters. The molecule has 0 aliphatic heterocycles. The standard InChI is InChI=1S/C13H22F2N4O2/c1-10(2)9-21-7-5-17-13(20)18(3)8-11-16-4-6-19(11)12(14)15/h4,6,10,12H,5,7-9H2,1-3H3,(H,17,20). The first-order chi connectivity index (χ1) is 9.91. The number of nitrogens with zero attached hydrogens (tertiary/aromatic N) is 3. The summed E-state index contributed by atoms with van der Waals surface area (Å²) in [7, 11) is 1.52. The molecule has 1 aromatic rings. The number of rotatable bonds is 8. The quantitative estimate of drug-likeness (QED) is 0.748. The summed E-state index contributed by atoms with van der Waals surface area (Å²) in [5.41, 5.74) is 0. The van der Waals surface area contributed by atoms with Gasteiger partial charge in [-0.15, -0.1) is 0 Å². The molecular formula is C13H22F2N4O2. The van der Waals surface area contributed by atoms with Crippen LogP contribution in [-0.4, -0.2) is 47.3 Å². The molecule has 0 saturated carbocycles. The van der Waals surface area contributed by atoms with Crippen LogP contribution in [-0.2, 0) is 11.3 Å². The Hall–Kier alpha value is -1.70. The number of urea groups is 1. The van der Waals surface area contributed by atoms with Crippen LogP contribution in [0.15, 0.2) is 12.4 Å². The van der Waals surface area contributed by atoms with Gasteiger partial charge in [-0.2, -0.15) is 8.78 Å². The molecule has 0 aromatic carbocycles. The molecule has 0 aliphatic carbocycles. The molecule has 0 radical (unpaired) electrons. The molecule has 6 nitrogen and oxygen atoms in total. The Kier molecular flexibility index (Phi) is 7.07. The van der Waals surface area contributed by atoms with Crippen LogP contribution < -0.4 is 5.32 Å². The van der Waals surface area contributed by atoms with E-state index in [9.17, 15) is 13.6 Å². The number of amides is 2. The number of carbonyl (C=O) groups excluding carboxylic acids is 1. The Morgan fingerprint density at radius 3 is 2.86 bits per heavy atom. The van der Waals surface area contributed by atoms with Gasteiger partial charge in [-0.25, -0.2) is 9.78 Å². The van der Waals surface area contributed by atoms with Gasteiger partial charge in [0, 0.05) is 32.6 Å². The van der Waals surface area contributed by atoms with E-state index in [0.29, 0.717) is 25.7 Å². The van der Waals surface area contributed by atoms with E-state index in [4.69, 9.17) is 4.74 Å². The van der Waals surface area contributed by atoms with Crippen LogP contribution in [0.1, 0.15) is 26.2 Å². The second kappa shape index (κ2) is 8.56. The molecule has 0 aliphatic rings. The number of carbonyl (C=O) groups is 1. The van der Waals surface area contributed by atoms with Crippen molar-refractivity contribution in [3.63, 3.8) is 0 Å². The minimum absolute atomic E-state index is 0.00994. The number of hydrogen-bond donors (Lipinski definition) is 1. The van der Waals surface area contributed by atoms with Crippen molar-refractivity contribution in [2.45, 2.75) is 26.9 Å². The van der Waals surface area contributed by atoms with Crippen LogP contribution >= 0.6 is 0 Å². The van der Waals surface area contributed by atoms with Gasteiger partial charge in [-0.05, 0) is 5.92 Å². The predicted molar refractivity (Wildman–Crippen MR) is 74.0 cm³/mol. The first kappa shape index (κ1) is 17.4. The number of imidazole rings is 1. The van der Waals surface area contributed by atoms with Gasteiger partial charge in [0.05, 0.1) is 13.2 Å². The van der Waals surface area contributed by atoms with Crippen LogP contribution in [0.25, 0.3) is 0 Å². The lowest BCUT2D eigenvalue weighted by Gasteiger charge is -2.18. The maximum absolute atomic E-state index is 12.7. The highest BCUT2D eigenvalue weighted by molar-refractivity contribution is 5.73. The van der Waals surface area contributed by atoms with Gasteiger partial charge in [-0.1, -0.05) is 13.8 Å². The topological polar surface area (TPSA) is 59.4 Å². The smallest absolute Gasteiger partial charge is 0.319 e. The Morgan fingerprint density at radius 1 is 1.52 bits per heavy atom. The summed E-state index contributed by atoms with van der Waals surface area (Å²) in [5.74, 6) is 0.579. The summed E-state index contributed by atoms with van der Waals surface area (Å²) in [6, 6.07) is -0.355. The molecule has 0 unspecified atom stereocenters. The van der Waals surface area contributed by atoms with E-state index < -0.39 is 6.55 Å². The molecular weight excluding hydrogens is 282 g/mol. The second-order valence-corrected chi connectivity index (χ2v) is 5.09. The average molecular weight is 304 g/mol. The minimum Gasteiger partial charge on any atom is -0.379 e. The van der Waals surface area contributed by atoms with E-state index in [1.165, 1.54) is 24.3 Å². The summed E-state index contributed by atoms with van der Waals surface area (Å²) >= 11 is 0. The normalized spacial score (nSPS) is 11.2. The Labute approximate surface area is 123 Å². The maximum Gasteiger partial charge on any atom is 0.319 e. The van der Waals surface area contributed by atoms with Gasteiger partial charge >= 0.3 is 12.6 Å². The fourth-order valence-corrected chi connectivity index (χ4v) is 1.61. The highest BCUT2D eigenvalue weighted by Crippen LogP contribution is 2.13. The molecule has 0 fully saturated rings. The van der Waals surface area contributed by atoms with E-state index in [1.807, 2.05) is 13.8 Å². The summed E-state index contributed by atoms with van der Waals surface area (Å²) in [4.78, 5) is 16.9. The summed E-state index contributed by atoms with van der Waals surface area (Å²) < 4.78 is 31.4. The van der Waals surface area contributed by atoms with Gasteiger partial charge in [-0.3, -0.25) is 4.57 Å². The zero-order valence-corrected chi connectivity index (χ0v) is 12.6. The fraction of sp³-hybridized carbons (Fsp3) is 0.692. The van der Waals surface area contributed by atoms with Crippen molar-refractivity contribution in [1.29, 1.82) is 0 Å². The number of alkyl halides is 2. The van der Waals surface area contributed by atoms with Crippen molar-refractivity contribution >= 4 is 6.03 Å². The van der Waals surface area contributed by atoms with E-state index in [1.54, 1.807) is 0 Å². The van der Waals surface area contributed by atoms with Crippen LogP contribution in [0.2, 0.25) is 0 Å². The zero-order valence-electron chi connectivity index (χ0n) is 12.6. The van der Waals surface area contributed by atoms with Crippen LogP contribution in [0, 0.1) is 5.92 Å². The molecule has 0 bridgehead atoms. The largest absolute Gasteiger partial charge is 0.379 e. The van der Waals surface area contributed by atoms with Crippen molar-refractivity contribution in [3.8, 4) is 0 Å². The Morgan fingerprint density at radius 2 is 2.24 bits per heavy atom. The molecule has 21 heavy (non-hydrogen) atoms. The van der Waals surface area contributed by atoms with E-state index >= 15 is 0 Å². The predicted octanol–water partition coefficient (Wildman–Crippen LogP) is 2.09. The van der Waals surface area contributed by atoms with Gasteiger partial charge < -0.3 is 15.0 Å². The van der Waals surface area contributed by atoms with Crippen LogP contribution in [0.3, 0.4) is 0 Å². The van der Waals surface area contributed by atoms with Crippen LogP contribution in [0.4, 0.5) is 13.6 Å². The number of ether oxygens (including phenoxy) is 1. The zero-order chi connectivity index (χ0) is 15.8. The summed E-state index contributed by atoms with van der Waals surface area (Å²) in [6.45, 7) is 2.86. The van der Waals surface area contributed by atoms with Crippen molar-refractivity contribution < 1.29 is 18.3 Å². The van der Waals surface area contributed by atoms with E-state index in [-0.39, 0.29) is 18.4 Å². The average Bonchev–Trinajstić information content (AvgIpc) is 2.85. The number of hydrogen-bond acceptors (Lipinski definition) is 3. The first-order valence-corrected chi connectivity index (χ1v) is 6.78. The van der Waals surface area contributed by atoms with Crippen molar-refractivity contribution in [1.82, 2.24) is 19.8 Å². The second-order valence-electron chi connectivity index (χ2n) is 5.09. The third-order valence-electron chi connectivity index (χ3n) is 2.66. The fourth-order valence-electron chi connectivity index (χ4n) is 1.61. The van der Waals surface area contributed by atoms with Gasteiger partial charge in [0.1, 0.15) is 5.82 Å². The SMILES string of the molecule is CC(C)COCCNC(=O)N(C)Cc1nccn1C(F)F. The highest BCUT2D eigenvalue weighted by atomic mass is 19.3. The summed E-state index contributed by atoms with van der Waals surface area (Å²) in [6.07, 6.45) is 2.47. The molecule has 8 heteroatoms. The lowest BCUT2D eigenvalue weighted by Crippen LogP contribution is -2.39. The molecule has 1 N–H and O–H groups in total. The molecule has 120 valence electrons. The van der Waals surface area contributed by atoms with Crippen molar-refractivity contribution in [2.24, 2.45) is 5.92 Å². The maximum atomic E-state index is 12.7. The van der Waals surface area contributed by atoms with Crippen molar-refractivity contribution in [2.75, 3.05) is 26.8 Å². The van der Waals surface area contributed by atoms with Gasteiger partial charge in [0.2, 0.25) is 0 Å². The summed E-state index contributed by atoms with van der Waals surface area (Å²) in [5, 5.41) is 2.65. The first-order valence-electron chi connectivity index (χ1n) is 6.78. The monoisotopic (exact) mass is 304 g/mol. The minimum atomic E-state index is -2.66. The molecule has 0 saturated heterocycles. The lowest BCUT2D eigenvalue weighted by atomic mass is 10.2. The van der Waals surface area contributed by atoms with Gasteiger partial charge in [0.15, 0.2) is 0 Å². The molecule has 2 amide bonds.